The molecule has 0 radical (unpaired) electrons. The summed E-state index contributed by atoms with van der Waals surface area (Å²) in [5.74, 6) is 1.52. The highest BCUT2D eigenvalue weighted by Crippen LogP contribution is 2.46. The Hall–Kier alpha value is -1.79. The lowest BCUT2D eigenvalue weighted by Gasteiger charge is -2.37. The molecule has 6 nitrogen and oxygen atoms in total. The summed E-state index contributed by atoms with van der Waals surface area (Å²) < 4.78 is 11.6. The second-order valence-corrected chi connectivity index (χ2v) is 7.70. The number of imide groups is 1. The van der Waals surface area contributed by atoms with E-state index in [-0.39, 0.29) is 35.7 Å². The van der Waals surface area contributed by atoms with Gasteiger partial charge in [-0.25, -0.2) is 0 Å². The normalized spacial score (nSPS) is 23.4. The molecule has 1 N–H and O–H groups in total. The van der Waals surface area contributed by atoms with Crippen LogP contribution in [-0.2, 0) is 9.59 Å². The van der Waals surface area contributed by atoms with Crippen LogP contribution in [0.3, 0.4) is 0 Å². The summed E-state index contributed by atoms with van der Waals surface area (Å²) in [5.41, 5.74) is -0.0290. The van der Waals surface area contributed by atoms with Crippen molar-refractivity contribution in [2.24, 2.45) is 5.41 Å². The van der Waals surface area contributed by atoms with Crippen LogP contribution >= 0.6 is 0 Å². The molecule has 1 aromatic carbocycles. The van der Waals surface area contributed by atoms with E-state index in [1.807, 2.05) is 24.3 Å². The molecule has 27 heavy (non-hydrogen) atoms. The zero-order valence-corrected chi connectivity index (χ0v) is 16.2. The molecule has 1 spiro atoms. The van der Waals surface area contributed by atoms with Crippen molar-refractivity contribution in [1.82, 2.24) is 10.2 Å². The van der Waals surface area contributed by atoms with Gasteiger partial charge >= 0.3 is 0 Å². The van der Waals surface area contributed by atoms with E-state index in [0.717, 1.165) is 37.2 Å². The van der Waals surface area contributed by atoms with Crippen molar-refractivity contribution >= 4 is 11.8 Å². The van der Waals surface area contributed by atoms with Gasteiger partial charge in [-0.3, -0.25) is 14.5 Å². The molecule has 3 aliphatic rings. The minimum atomic E-state index is -0.0700. The van der Waals surface area contributed by atoms with Crippen LogP contribution in [0.25, 0.3) is 0 Å². The number of carbonyl (C=O) groups is 2. The smallest absolute Gasteiger partial charge is 0.229 e. The highest BCUT2D eigenvalue weighted by molar-refractivity contribution is 5.98. The summed E-state index contributed by atoms with van der Waals surface area (Å²) >= 11 is 0. The number of fused-ring (bicyclic) bond motifs is 1. The standard InChI is InChI=1S/C20H26N2O4.ClH/c23-18-11-20(7-3-4-8-20)12-19(24)22(18)10-9-21-13-15-14-25-16-5-1-2-6-17(16)26-15;/h1-2,5-6,15,21H,3-4,7-14H2;1H/p-1. The van der Waals surface area contributed by atoms with Crippen LogP contribution in [-0.4, -0.2) is 49.1 Å². The number of benzene rings is 1. The van der Waals surface area contributed by atoms with E-state index in [0.29, 0.717) is 39.1 Å². The summed E-state index contributed by atoms with van der Waals surface area (Å²) in [5, 5.41) is 3.28. The number of nitrogens with one attached hydrogen (secondary N) is 1. The van der Waals surface area contributed by atoms with Crippen molar-refractivity contribution in [3.05, 3.63) is 24.3 Å². The van der Waals surface area contributed by atoms with Gasteiger partial charge < -0.3 is 27.2 Å². The van der Waals surface area contributed by atoms with Crippen molar-refractivity contribution in [3.8, 4) is 11.5 Å². The maximum Gasteiger partial charge on any atom is 0.229 e. The summed E-state index contributed by atoms with van der Waals surface area (Å²) in [6.07, 6.45) is 5.35. The number of amides is 2. The van der Waals surface area contributed by atoms with Crippen LogP contribution in [0.5, 0.6) is 11.5 Å². The van der Waals surface area contributed by atoms with E-state index in [2.05, 4.69) is 5.32 Å². The maximum absolute atomic E-state index is 12.4. The van der Waals surface area contributed by atoms with Gasteiger partial charge in [0.25, 0.3) is 0 Å². The molecule has 2 aliphatic heterocycles. The number of piperidine rings is 1. The monoisotopic (exact) mass is 393 g/mol. The Balaban J connectivity index is 0.00000210. The molecule has 2 heterocycles. The van der Waals surface area contributed by atoms with Gasteiger partial charge in [-0.05, 0) is 30.4 Å². The fourth-order valence-electron chi connectivity index (χ4n) is 4.38. The third kappa shape index (κ3) is 4.38. The molecule has 0 aromatic heterocycles. The highest BCUT2D eigenvalue weighted by Gasteiger charge is 2.44. The summed E-state index contributed by atoms with van der Waals surface area (Å²) in [6, 6.07) is 7.63. The molecule has 2 fully saturated rings. The van der Waals surface area contributed by atoms with Crippen molar-refractivity contribution in [3.63, 3.8) is 0 Å². The topological polar surface area (TPSA) is 67.9 Å². The van der Waals surface area contributed by atoms with Crippen LogP contribution in [0.15, 0.2) is 24.3 Å². The SMILES string of the molecule is O=C1CC2(CCCC2)CC(=O)N1CCNCC1COc2ccccc2O1.[Cl-]. The van der Waals surface area contributed by atoms with Crippen molar-refractivity contribution in [2.45, 2.75) is 44.6 Å². The van der Waals surface area contributed by atoms with E-state index in [9.17, 15) is 9.59 Å². The molecular formula is C20H26ClN2O4-. The lowest BCUT2D eigenvalue weighted by atomic mass is 9.76. The average Bonchev–Trinajstić information content (AvgIpc) is 3.07. The van der Waals surface area contributed by atoms with Gasteiger partial charge in [0.15, 0.2) is 11.5 Å². The van der Waals surface area contributed by atoms with Gasteiger partial charge in [-0.15, -0.1) is 0 Å². The van der Waals surface area contributed by atoms with Gasteiger partial charge in [0.2, 0.25) is 11.8 Å². The molecule has 2 amide bonds. The predicted molar refractivity (Wildman–Crippen MR) is 96.1 cm³/mol. The Labute approximate surface area is 166 Å². The molecule has 1 saturated carbocycles. The Kier molecular flexibility index (Phi) is 6.27. The van der Waals surface area contributed by atoms with E-state index < -0.39 is 0 Å². The minimum absolute atomic E-state index is 0. The van der Waals surface area contributed by atoms with Crippen molar-refractivity contribution < 1.29 is 31.5 Å². The first-order valence-electron chi connectivity index (χ1n) is 9.58. The molecule has 1 aromatic rings. The molecule has 4 rings (SSSR count). The molecule has 1 atom stereocenters. The molecular weight excluding hydrogens is 368 g/mol. The van der Waals surface area contributed by atoms with E-state index in [1.165, 1.54) is 4.90 Å². The van der Waals surface area contributed by atoms with Gasteiger partial charge in [0, 0.05) is 32.5 Å². The van der Waals surface area contributed by atoms with Crippen molar-refractivity contribution in [2.75, 3.05) is 26.2 Å². The van der Waals surface area contributed by atoms with Crippen LogP contribution < -0.4 is 27.2 Å². The number of hydrogen-bond acceptors (Lipinski definition) is 5. The number of nitrogens with zero attached hydrogens (tertiary/aromatic N) is 1. The first kappa shape index (κ1) is 20.0. The zero-order valence-electron chi connectivity index (χ0n) is 15.4. The van der Waals surface area contributed by atoms with Gasteiger partial charge in [-0.1, -0.05) is 25.0 Å². The maximum atomic E-state index is 12.4. The van der Waals surface area contributed by atoms with E-state index in [1.54, 1.807) is 0 Å². The lowest BCUT2D eigenvalue weighted by molar-refractivity contribution is -0.153. The fraction of sp³-hybridized carbons (Fsp3) is 0.600. The van der Waals surface area contributed by atoms with Crippen LogP contribution in [0.1, 0.15) is 38.5 Å². The predicted octanol–water partition coefficient (Wildman–Crippen LogP) is -0.871. The molecule has 7 heteroatoms. The minimum Gasteiger partial charge on any atom is -1.00 e. The summed E-state index contributed by atoms with van der Waals surface area (Å²) in [6.45, 7) is 2.12. The first-order valence-corrected chi connectivity index (χ1v) is 9.58. The Morgan fingerprint density at radius 2 is 1.74 bits per heavy atom. The first-order chi connectivity index (χ1) is 12.7. The number of ether oxygens (including phenoxy) is 2. The van der Waals surface area contributed by atoms with Crippen LogP contribution in [0.4, 0.5) is 0 Å². The largest absolute Gasteiger partial charge is 1.00 e. The van der Waals surface area contributed by atoms with Gasteiger partial charge in [0.1, 0.15) is 12.7 Å². The van der Waals surface area contributed by atoms with Crippen LogP contribution in [0, 0.1) is 5.41 Å². The fourth-order valence-corrected chi connectivity index (χ4v) is 4.38. The summed E-state index contributed by atoms with van der Waals surface area (Å²) in [7, 11) is 0. The Bertz CT molecular complexity index is 670. The van der Waals surface area contributed by atoms with Gasteiger partial charge in [-0.2, -0.15) is 0 Å². The third-order valence-corrected chi connectivity index (χ3v) is 5.77. The highest BCUT2D eigenvalue weighted by atomic mass is 35.5. The average molecular weight is 394 g/mol. The van der Waals surface area contributed by atoms with E-state index in [4.69, 9.17) is 9.47 Å². The molecule has 1 unspecified atom stereocenters. The zero-order chi connectivity index (χ0) is 18.0. The molecule has 0 bridgehead atoms. The third-order valence-electron chi connectivity index (χ3n) is 5.77. The van der Waals surface area contributed by atoms with E-state index >= 15 is 0 Å². The number of halogens is 1. The molecule has 1 aliphatic carbocycles. The number of likely N-dealkylation sites (tertiary alicyclic amines) is 1. The number of hydrogen-bond donors (Lipinski definition) is 1. The number of para-hydroxylation sites is 2. The quantitative estimate of drug-likeness (QED) is 0.520. The summed E-state index contributed by atoms with van der Waals surface area (Å²) in [4.78, 5) is 26.3. The van der Waals surface area contributed by atoms with Crippen molar-refractivity contribution in [1.29, 1.82) is 0 Å². The Morgan fingerprint density at radius 1 is 1.07 bits per heavy atom. The lowest BCUT2D eigenvalue weighted by Crippen LogP contribution is -3.00. The van der Waals surface area contributed by atoms with Crippen LogP contribution in [0.2, 0.25) is 0 Å². The second-order valence-electron chi connectivity index (χ2n) is 7.70. The van der Waals surface area contributed by atoms with Gasteiger partial charge in [0.05, 0.1) is 0 Å². The molecule has 1 saturated heterocycles. The second kappa shape index (κ2) is 8.48. The number of carbonyl (C=O) groups excluding carboxylic acids is 2. The molecule has 148 valence electrons. The Morgan fingerprint density at radius 3 is 2.44 bits per heavy atom. The number of rotatable bonds is 5.